The number of ether oxygens (including phenoxy) is 4. The van der Waals surface area contributed by atoms with E-state index in [0.717, 1.165) is 63.4 Å². The van der Waals surface area contributed by atoms with Gasteiger partial charge in [0.05, 0.1) is 0 Å². The molecule has 0 spiro atoms. The maximum Gasteiger partial charge on any atom is 0.157 e. The Kier molecular flexibility index (Phi) is 17.8. The van der Waals surface area contributed by atoms with Crippen molar-refractivity contribution in [3.63, 3.8) is 0 Å². The average Bonchev–Trinajstić information content (AvgIpc) is 2.55. The standard InChI is InChI=1S/C18H43NO4Si2/c1-5-20-17(21-6-2)13-15(24)9-11-19-12-10-16(25)14-18(22-7-3)23-8-4/h15-19H,5-14H2,1-4,24-25H3. The SMILES string of the molecule is CCOC(CC([SiH3])CCNCCC([SiH3])CC(OCC)OCC)OCC. The third kappa shape index (κ3) is 15.0. The van der Waals surface area contributed by atoms with Gasteiger partial charge in [-0.15, -0.1) is 0 Å². The normalized spacial score (nSPS) is 14.6. The first-order chi connectivity index (χ1) is 12.1. The van der Waals surface area contributed by atoms with Gasteiger partial charge in [0.2, 0.25) is 0 Å². The summed E-state index contributed by atoms with van der Waals surface area (Å²) in [5, 5.41) is 3.60. The van der Waals surface area contributed by atoms with Gasteiger partial charge in [-0.05, 0) is 77.6 Å². The molecule has 0 amide bonds. The lowest BCUT2D eigenvalue weighted by molar-refractivity contribution is -0.140. The molecule has 0 radical (unpaired) electrons. The van der Waals surface area contributed by atoms with Crippen molar-refractivity contribution in [2.75, 3.05) is 39.5 Å². The molecule has 0 aromatic heterocycles. The molecule has 0 bridgehead atoms. The van der Waals surface area contributed by atoms with Gasteiger partial charge in [-0.25, -0.2) is 0 Å². The van der Waals surface area contributed by atoms with E-state index in [1.807, 2.05) is 27.7 Å². The average molecular weight is 394 g/mol. The van der Waals surface area contributed by atoms with Crippen molar-refractivity contribution in [2.45, 2.75) is 77.0 Å². The second-order valence-electron chi connectivity index (χ2n) is 6.69. The molecule has 1 N–H and O–H groups in total. The molecule has 0 aliphatic rings. The molecule has 0 aliphatic carbocycles. The van der Waals surface area contributed by atoms with E-state index in [2.05, 4.69) is 5.32 Å². The van der Waals surface area contributed by atoms with Gasteiger partial charge in [-0.2, -0.15) is 0 Å². The highest BCUT2D eigenvalue weighted by molar-refractivity contribution is 6.11. The van der Waals surface area contributed by atoms with E-state index >= 15 is 0 Å². The van der Waals surface area contributed by atoms with E-state index in [1.54, 1.807) is 0 Å². The molecule has 25 heavy (non-hydrogen) atoms. The zero-order valence-electron chi connectivity index (χ0n) is 17.5. The predicted molar refractivity (Wildman–Crippen MR) is 113 cm³/mol. The van der Waals surface area contributed by atoms with Crippen molar-refractivity contribution in [1.82, 2.24) is 5.32 Å². The van der Waals surface area contributed by atoms with Crippen LogP contribution in [-0.2, 0) is 18.9 Å². The fraction of sp³-hybridized carbons (Fsp3) is 1.00. The van der Waals surface area contributed by atoms with Crippen molar-refractivity contribution in [2.24, 2.45) is 0 Å². The van der Waals surface area contributed by atoms with Gasteiger partial charge in [-0.1, -0.05) is 0 Å². The molecular formula is C18H43NO4Si2. The second kappa shape index (κ2) is 17.6. The summed E-state index contributed by atoms with van der Waals surface area (Å²) in [6.45, 7) is 13.2. The molecule has 0 aliphatic heterocycles. The largest absolute Gasteiger partial charge is 0.353 e. The lowest BCUT2D eigenvalue weighted by Crippen LogP contribution is -2.24. The van der Waals surface area contributed by atoms with E-state index in [0.29, 0.717) is 0 Å². The van der Waals surface area contributed by atoms with E-state index in [9.17, 15) is 0 Å². The highest BCUT2D eigenvalue weighted by Crippen LogP contribution is 2.18. The van der Waals surface area contributed by atoms with Crippen molar-refractivity contribution in [3.05, 3.63) is 0 Å². The van der Waals surface area contributed by atoms with Gasteiger partial charge in [-0.3, -0.25) is 0 Å². The Hall–Kier alpha value is 0.234. The van der Waals surface area contributed by atoms with Gasteiger partial charge >= 0.3 is 0 Å². The molecule has 0 fully saturated rings. The third-order valence-electron chi connectivity index (χ3n) is 4.23. The van der Waals surface area contributed by atoms with Crippen LogP contribution >= 0.6 is 0 Å². The Balaban J connectivity index is 3.78. The van der Waals surface area contributed by atoms with E-state index < -0.39 is 0 Å². The number of hydrogen-bond donors (Lipinski definition) is 1. The van der Waals surface area contributed by atoms with Gasteiger partial charge in [0.1, 0.15) is 0 Å². The number of nitrogens with one attached hydrogen (secondary N) is 1. The fourth-order valence-electron chi connectivity index (χ4n) is 2.83. The van der Waals surface area contributed by atoms with E-state index in [-0.39, 0.29) is 12.6 Å². The second-order valence-corrected chi connectivity index (χ2v) is 9.96. The minimum atomic E-state index is -0.0161. The summed E-state index contributed by atoms with van der Waals surface area (Å²) in [4.78, 5) is 0. The lowest BCUT2D eigenvalue weighted by atomic mass is 10.2. The Morgan fingerprint density at radius 1 is 0.640 bits per heavy atom. The lowest BCUT2D eigenvalue weighted by Gasteiger charge is -2.22. The van der Waals surface area contributed by atoms with Crippen LogP contribution in [0.3, 0.4) is 0 Å². The van der Waals surface area contributed by atoms with Crippen LogP contribution in [0.2, 0.25) is 11.1 Å². The van der Waals surface area contributed by atoms with Crippen LogP contribution in [-0.4, -0.2) is 72.6 Å². The zero-order valence-corrected chi connectivity index (χ0v) is 21.5. The quantitative estimate of drug-likeness (QED) is 0.216. The van der Waals surface area contributed by atoms with Crippen LogP contribution in [0.15, 0.2) is 0 Å². The van der Waals surface area contributed by atoms with Crippen molar-refractivity contribution < 1.29 is 18.9 Å². The summed E-state index contributed by atoms with van der Waals surface area (Å²) in [5.74, 6) is 0. The summed E-state index contributed by atoms with van der Waals surface area (Å²) in [5.41, 5.74) is 1.48. The van der Waals surface area contributed by atoms with Crippen LogP contribution in [0.25, 0.3) is 0 Å². The van der Waals surface area contributed by atoms with Gasteiger partial charge in [0.25, 0.3) is 0 Å². The van der Waals surface area contributed by atoms with Gasteiger partial charge in [0.15, 0.2) is 12.6 Å². The monoisotopic (exact) mass is 393 g/mol. The van der Waals surface area contributed by atoms with Crippen LogP contribution in [0, 0.1) is 0 Å². The Morgan fingerprint density at radius 3 is 1.24 bits per heavy atom. The van der Waals surface area contributed by atoms with Crippen LogP contribution in [0.4, 0.5) is 0 Å². The molecule has 7 heteroatoms. The van der Waals surface area contributed by atoms with Crippen molar-refractivity contribution in [3.8, 4) is 0 Å². The summed E-state index contributed by atoms with van der Waals surface area (Å²) in [7, 11) is 2.38. The zero-order chi connectivity index (χ0) is 18.9. The first-order valence-electron chi connectivity index (χ1n) is 10.2. The highest BCUT2D eigenvalue weighted by Gasteiger charge is 2.14. The Bertz CT molecular complexity index is 250. The van der Waals surface area contributed by atoms with Crippen LogP contribution < -0.4 is 5.32 Å². The molecule has 0 saturated heterocycles. The first-order valence-corrected chi connectivity index (χ1v) is 12.5. The van der Waals surface area contributed by atoms with Gasteiger partial charge < -0.3 is 24.3 Å². The van der Waals surface area contributed by atoms with Crippen LogP contribution in [0.5, 0.6) is 0 Å². The predicted octanol–water partition coefficient (Wildman–Crippen LogP) is 1.24. The Morgan fingerprint density at radius 2 is 0.960 bits per heavy atom. The minimum Gasteiger partial charge on any atom is -0.353 e. The molecule has 2 atom stereocenters. The molecule has 0 aromatic carbocycles. The van der Waals surface area contributed by atoms with E-state index in [4.69, 9.17) is 18.9 Å². The van der Waals surface area contributed by atoms with E-state index in [1.165, 1.54) is 33.3 Å². The summed E-state index contributed by atoms with van der Waals surface area (Å²) >= 11 is 0. The molecule has 0 saturated carbocycles. The topological polar surface area (TPSA) is 49.0 Å². The smallest absolute Gasteiger partial charge is 0.157 e. The Labute approximate surface area is 161 Å². The maximum absolute atomic E-state index is 5.65. The summed E-state index contributed by atoms with van der Waals surface area (Å²) in [6.07, 6.45) is 4.46. The van der Waals surface area contributed by atoms with Crippen molar-refractivity contribution >= 4 is 20.5 Å². The first kappa shape index (κ1) is 25.2. The highest BCUT2D eigenvalue weighted by atomic mass is 28.1. The summed E-state index contributed by atoms with van der Waals surface area (Å²) < 4.78 is 22.6. The molecule has 5 nitrogen and oxygen atoms in total. The molecular weight excluding hydrogens is 350 g/mol. The number of rotatable bonds is 18. The molecule has 0 heterocycles. The van der Waals surface area contributed by atoms with Crippen molar-refractivity contribution in [1.29, 1.82) is 0 Å². The fourth-order valence-corrected chi connectivity index (χ4v) is 4.17. The molecule has 0 aromatic rings. The minimum absolute atomic E-state index is 0.0161. The molecule has 152 valence electrons. The van der Waals surface area contributed by atoms with Crippen LogP contribution in [0.1, 0.15) is 53.4 Å². The number of hydrogen-bond acceptors (Lipinski definition) is 5. The maximum atomic E-state index is 5.65. The third-order valence-corrected chi connectivity index (χ3v) is 6.33. The van der Waals surface area contributed by atoms with Gasteiger partial charge in [0, 0.05) is 46.9 Å². The summed E-state index contributed by atoms with van der Waals surface area (Å²) in [6, 6.07) is 0. The molecule has 2 unspecified atom stereocenters. The molecule has 0 rings (SSSR count).